The van der Waals surface area contributed by atoms with E-state index in [1.54, 1.807) is 39.2 Å². The summed E-state index contributed by atoms with van der Waals surface area (Å²) >= 11 is 12.1. The first kappa shape index (κ1) is 25.9. The lowest BCUT2D eigenvalue weighted by molar-refractivity contribution is -0.117. The van der Waals surface area contributed by atoms with Gasteiger partial charge in [0, 0.05) is 30.9 Å². The zero-order valence-electron chi connectivity index (χ0n) is 19.1. The first-order valence-electron chi connectivity index (χ1n) is 10.3. The Kier molecular flexibility index (Phi) is 7.88. The number of nitrogens with one attached hydrogen (secondary N) is 1. The molecule has 3 rings (SSSR count). The summed E-state index contributed by atoms with van der Waals surface area (Å²) < 4.78 is 0. The van der Waals surface area contributed by atoms with Gasteiger partial charge in [-0.3, -0.25) is 24.3 Å². The first-order valence-corrected chi connectivity index (χ1v) is 11.0. The maximum absolute atomic E-state index is 13.4. The van der Waals surface area contributed by atoms with Crippen molar-refractivity contribution in [1.82, 2.24) is 20.1 Å². The SMILES string of the molecule is Cc1nc(C(=O)CC(=O)N(Cc2ccc(Cl)c(Cl)c2)c2cc(C(N)=O)cc(C(=O)N(C)C)c2)n[nH]1. The fourth-order valence-electron chi connectivity index (χ4n) is 3.21. The van der Waals surface area contributed by atoms with Crippen LogP contribution in [-0.4, -0.2) is 57.7 Å². The summed E-state index contributed by atoms with van der Waals surface area (Å²) in [7, 11) is 3.10. The quantitative estimate of drug-likeness (QED) is 0.348. The van der Waals surface area contributed by atoms with Gasteiger partial charge in [-0.2, -0.15) is 5.10 Å². The molecule has 0 fully saturated rings. The van der Waals surface area contributed by atoms with Crippen LogP contribution in [0.25, 0.3) is 0 Å². The molecule has 1 aromatic heterocycles. The number of rotatable bonds is 8. The number of Topliss-reactive ketones (excluding diaryl/α,β-unsaturated/α-hetero) is 1. The zero-order valence-corrected chi connectivity index (χ0v) is 20.6. The van der Waals surface area contributed by atoms with Crippen LogP contribution >= 0.6 is 23.2 Å². The Hall–Kier alpha value is -3.76. The smallest absolute Gasteiger partial charge is 0.253 e. The van der Waals surface area contributed by atoms with Gasteiger partial charge >= 0.3 is 0 Å². The van der Waals surface area contributed by atoms with Crippen molar-refractivity contribution in [3.8, 4) is 0 Å². The number of aromatic nitrogens is 3. The van der Waals surface area contributed by atoms with Crippen molar-refractivity contribution in [2.75, 3.05) is 19.0 Å². The molecule has 1 heterocycles. The zero-order chi connectivity index (χ0) is 25.9. The third-order valence-electron chi connectivity index (χ3n) is 4.95. The molecular formula is C23H22Cl2N6O4. The predicted octanol–water partition coefficient (Wildman–Crippen LogP) is 3.03. The monoisotopic (exact) mass is 516 g/mol. The summed E-state index contributed by atoms with van der Waals surface area (Å²) in [6.45, 7) is 1.59. The summed E-state index contributed by atoms with van der Waals surface area (Å²) in [4.78, 5) is 57.1. The Balaban J connectivity index is 2.06. The third-order valence-corrected chi connectivity index (χ3v) is 5.69. The number of aromatic amines is 1. The van der Waals surface area contributed by atoms with E-state index in [0.717, 1.165) is 0 Å². The highest BCUT2D eigenvalue weighted by molar-refractivity contribution is 6.42. The largest absolute Gasteiger partial charge is 0.366 e. The molecule has 0 saturated heterocycles. The van der Waals surface area contributed by atoms with Crippen LogP contribution in [0, 0.1) is 6.92 Å². The highest BCUT2D eigenvalue weighted by Crippen LogP contribution is 2.27. The number of halogens is 2. The van der Waals surface area contributed by atoms with E-state index in [1.165, 1.54) is 28.0 Å². The third kappa shape index (κ3) is 6.23. The van der Waals surface area contributed by atoms with Crippen molar-refractivity contribution >= 4 is 52.4 Å². The Morgan fingerprint density at radius 3 is 2.26 bits per heavy atom. The van der Waals surface area contributed by atoms with E-state index >= 15 is 0 Å². The Labute approximate surface area is 211 Å². The second kappa shape index (κ2) is 10.7. The number of hydrogen-bond donors (Lipinski definition) is 2. The molecule has 0 radical (unpaired) electrons. The summed E-state index contributed by atoms with van der Waals surface area (Å²) in [5, 5.41) is 6.97. The second-order valence-electron chi connectivity index (χ2n) is 7.91. The fourth-order valence-corrected chi connectivity index (χ4v) is 3.53. The normalized spacial score (nSPS) is 10.7. The van der Waals surface area contributed by atoms with E-state index in [-0.39, 0.29) is 34.2 Å². The van der Waals surface area contributed by atoms with Crippen LogP contribution in [0.2, 0.25) is 10.0 Å². The highest BCUT2D eigenvalue weighted by Gasteiger charge is 2.25. The van der Waals surface area contributed by atoms with E-state index in [1.807, 2.05) is 0 Å². The number of H-pyrrole nitrogens is 1. The average Bonchev–Trinajstić information content (AvgIpc) is 3.25. The number of ketones is 1. The van der Waals surface area contributed by atoms with Gasteiger partial charge in [0.05, 0.1) is 23.0 Å². The van der Waals surface area contributed by atoms with Gasteiger partial charge in [0.2, 0.25) is 23.4 Å². The molecule has 10 nitrogen and oxygen atoms in total. The second-order valence-corrected chi connectivity index (χ2v) is 8.72. The molecule has 0 aliphatic rings. The fraction of sp³-hybridized carbons (Fsp3) is 0.217. The van der Waals surface area contributed by atoms with Gasteiger partial charge in [-0.05, 0) is 42.8 Å². The molecule has 3 amide bonds. The van der Waals surface area contributed by atoms with E-state index in [0.29, 0.717) is 16.4 Å². The molecule has 0 saturated carbocycles. The molecule has 12 heteroatoms. The van der Waals surface area contributed by atoms with Crippen molar-refractivity contribution < 1.29 is 19.2 Å². The van der Waals surface area contributed by atoms with Crippen LogP contribution in [0.4, 0.5) is 5.69 Å². The first-order chi connectivity index (χ1) is 16.5. The topological polar surface area (TPSA) is 142 Å². The molecule has 182 valence electrons. The lowest BCUT2D eigenvalue weighted by Crippen LogP contribution is -2.33. The van der Waals surface area contributed by atoms with Crippen LogP contribution in [0.1, 0.15) is 49.1 Å². The number of hydrogen-bond acceptors (Lipinski definition) is 6. The molecule has 0 aliphatic heterocycles. The number of carbonyl (C=O) groups excluding carboxylic acids is 4. The maximum Gasteiger partial charge on any atom is 0.253 e. The number of nitrogens with zero attached hydrogens (tertiary/aromatic N) is 4. The number of amides is 3. The van der Waals surface area contributed by atoms with Gasteiger partial charge in [-0.25, -0.2) is 4.98 Å². The lowest BCUT2D eigenvalue weighted by Gasteiger charge is -2.24. The van der Waals surface area contributed by atoms with Crippen molar-refractivity contribution in [2.45, 2.75) is 19.9 Å². The number of primary amides is 1. The van der Waals surface area contributed by atoms with Gasteiger partial charge in [0.1, 0.15) is 5.82 Å². The average molecular weight is 517 g/mol. The summed E-state index contributed by atoms with van der Waals surface area (Å²) in [5.74, 6) is -2.10. The van der Waals surface area contributed by atoms with Crippen LogP contribution < -0.4 is 10.6 Å². The molecule has 0 atom stereocenters. The molecule has 0 unspecified atom stereocenters. The summed E-state index contributed by atoms with van der Waals surface area (Å²) in [6, 6.07) is 8.99. The standard InChI is InChI=1S/C23H22Cl2N6O4/c1-12-27-22(29-28-12)19(32)10-20(33)31(11-13-4-5-17(24)18(25)6-13)16-8-14(21(26)34)7-15(9-16)23(35)30(2)3/h4-9H,10-11H2,1-3H3,(H2,26,34)(H,27,28,29). The van der Waals surface area contributed by atoms with Crippen molar-refractivity contribution in [3.05, 3.63) is 74.8 Å². The van der Waals surface area contributed by atoms with Crippen molar-refractivity contribution in [2.24, 2.45) is 5.73 Å². The van der Waals surface area contributed by atoms with Gasteiger partial charge < -0.3 is 15.5 Å². The lowest BCUT2D eigenvalue weighted by atomic mass is 10.1. The number of benzene rings is 2. The van der Waals surface area contributed by atoms with E-state index in [2.05, 4.69) is 15.2 Å². The number of aryl methyl sites for hydroxylation is 1. The van der Waals surface area contributed by atoms with E-state index in [4.69, 9.17) is 28.9 Å². The Bertz CT molecular complexity index is 1320. The summed E-state index contributed by atoms with van der Waals surface area (Å²) in [5.41, 5.74) is 6.44. The minimum Gasteiger partial charge on any atom is -0.366 e. The van der Waals surface area contributed by atoms with Crippen molar-refractivity contribution in [3.63, 3.8) is 0 Å². The molecule has 3 aromatic rings. The Morgan fingerprint density at radius 2 is 1.69 bits per heavy atom. The molecule has 0 spiro atoms. The number of nitrogens with two attached hydrogens (primary N) is 1. The molecule has 0 aliphatic carbocycles. The number of anilines is 1. The molecule has 3 N–H and O–H groups in total. The van der Waals surface area contributed by atoms with Gasteiger partial charge in [-0.1, -0.05) is 29.3 Å². The van der Waals surface area contributed by atoms with Crippen molar-refractivity contribution in [1.29, 1.82) is 0 Å². The van der Waals surface area contributed by atoms with E-state index in [9.17, 15) is 19.2 Å². The number of carbonyl (C=O) groups is 4. The molecule has 2 aromatic carbocycles. The van der Waals surface area contributed by atoms with Crippen LogP contribution in [-0.2, 0) is 11.3 Å². The van der Waals surface area contributed by atoms with Gasteiger partial charge in [-0.15, -0.1) is 0 Å². The van der Waals surface area contributed by atoms with E-state index < -0.39 is 29.9 Å². The van der Waals surface area contributed by atoms with Gasteiger partial charge in [0.25, 0.3) is 5.91 Å². The summed E-state index contributed by atoms with van der Waals surface area (Å²) in [6.07, 6.45) is -0.559. The van der Waals surface area contributed by atoms with Gasteiger partial charge in [0.15, 0.2) is 0 Å². The van der Waals surface area contributed by atoms with Crippen LogP contribution in [0.5, 0.6) is 0 Å². The predicted molar refractivity (Wildman–Crippen MR) is 131 cm³/mol. The molecule has 0 bridgehead atoms. The van der Waals surface area contributed by atoms with Crippen LogP contribution in [0.3, 0.4) is 0 Å². The highest BCUT2D eigenvalue weighted by atomic mass is 35.5. The maximum atomic E-state index is 13.4. The minimum atomic E-state index is -0.783. The van der Waals surface area contributed by atoms with Crippen LogP contribution in [0.15, 0.2) is 36.4 Å². The molecule has 35 heavy (non-hydrogen) atoms. The minimum absolute atomic E-state index is 0.0237. The molecular weight excluding hydrogens is 495 g/mol. The Morgan fingerprint density at radius 1 is 1.00 bits per heavy atom.